The fourth-order valence-corrected chi connectivity index (χ4v) is 2.50. The molecule has 1 saturated carbocycles. The Morgan fingerprint density at radius 2 is 2.17 bits per heavy atom. The van der Waals surface area contributed by atoms with Crippen LogP contribution in [0.5, 0.6) is 0 Å². The van der Waals surface area contributed by atoms with E-state index >= 15 is 0 Å². The number of nitrogens with zero attached hydrogens (tertiary/aromatic N) is 2. The van der Waals surface area contributed by atoms with Crippen molar-refractivity contribution in [2.75, 3.05) is 4.90 Å². The van der Waals surface area contributed by atoms with Crippen molar-refractivity contribution >= 4 is 17.6 Å². The molecule has 0 aliphatic heterocycles. The number of anilines is 1. The summed E-state index contributed by atoms with van der Waals surface area (Å²) in [7, 11) is 0. The molecule has 1 aromatic rings. The van der Waals surface area contributed by atoms with Gasteiger partial charge in [-0.25, -0.2) is 0 Å². The van der Waals surface area contributed by atoms with Crippen molar-refractivity contribution in [1.82, 2.24) is 10.2 Å². The van der Waals surface area contributed by atoms with Crippen LogP contribution in [0.2, 0.25) is 0 Å². The van der Waals surface area contributed by atoms with Crippen molar-refractivity contribution < 1.29 is 9.59 Å². The van der Waals surface area contributed by atoms with E-state index < -0.39 is 17.4 Å². The maximum Gasteiger partial charge on any atom is 0.304 e. The first kappa shape index (κ1) is 12.2. The maximum atomic E-state index is 11.9. The molecule has 0 spiro atoms. The zero-order valence-electron chi connectivity index (χ0n) is 9.85. The van der Waals surface area contributed by atoms with Crippen LogP contribution in [0.3, 0.4) is 0 Å². The summed E-state index contributed by atoms with van der Waals surface area (Å²) in [6.07, 6.45) is 9.44. The number of amides is 2. The van der Waals surface area contributed by atoms with Crippen molar-refractivity contribution in [2.24, 2.45) is 5.73 Å². The van der Waals surface area contributed by atoms with E-state index in [4.69, 9.17) is 12.2 Å². The second-order valence-corrected chi connectivity index (χ2v) is 4.32. The number of hydrogen-bond acceptors (Lipinski definition) is 3. The standard InChI is InChI=1S/C12H14N4O2/c1-2-10(17)16(9-5-8-14-15-9)12(11(13)18)6-3-4-7-12/h1,5,8H,3-4,6-7H2,(H2,13,18)(H,14,15). The number of aromatic nitrogens is 2. The predicted octanol–water partition coefficient (Wildman–Crippen LogP) is 0.174. The van der Waals surface area contributed by atoms with Crippen molar-refractivity contribution in [3.8, 4) is 12.3 Å². The van der Waals surface area contributed by atoms with Crippen molar-refractivity contribution in [2.45, 2.75) is 31.2 Å². The SMILES string of the molecule is C#CC(=O)N(c1cc[nH]n1)C1(C(N)=O)CCCC1. The molecule has 3 N–H and O–H groups in total. The first-order valence-corrected chi connectivity index (χ1v) is 5.72. The summed E-state index contributed by atoms with van der Waals surface area (Å²) in [5, 5.41) is 6.54. The summed E-state index contributed by atoms with van der Waals surface area (Å²) in [6.45, 7) is 0. The summed E-state index contributed by atoms with van der Waals surface area (Å²) >= 11 is 0. The number of nitrogens with one attached hydrogen (secondary N) is 1. The molecule has 0 bridgehead atoms. The van der Waals surface area contributed by atoms with Gasteiger partial charge in [-0.2, -0.15) is 5.10 Å². The van der Waals surface area contributed by atoms with Crippen LogP contribution in [0.25, 0.3) is 0 Å². The molecule has 0 unspecified atom stereocenters. The third-order valence-corrected chi connectivity index (χ3v) is 3.36. The average Bonchev–Trinajstić information content (AvgIpc) is 3.00. The zero-order chi connectivity index (χ0) is 13.2. The van der Waals surface area contributed by atoms with Gasteiger partial charge in [0.2, 0.25) is 5.91 Å². The maximum absolute atomic E-state index is 11.9. The molecule has 0 saturated heterocycles. The quantitative estimate of drug-likeness (QED) is 0.745. The lowest BCUT2D eigenvalue weighted by atomic mass is 9.93. The lowest BCUT2D eigenvalue weighted by molar-refractivity contribution is -0.126. The summed E-state index contributed by atoms with van der Waals surface area (Å²) < 4.78 is 0. The molecule has 18 heavy (non-hydrogen) atoms. The Hall–Kier alpha value is -2.29. The topological polar surface area (TPSA) is 92.1 Å². The van der Waals surface area contributed by atoms with Crippen LogP contribution in [0.4, 0.5) is 5.82 Å². The Morgan fingerprint density at radius 1 is 1.50 bits per heavy atom. The average molecular weight is 246 g/mol. The highest BCUT2D eigenvalue weighted by Gasteiger charge is 2.48. The Morgan fingerprint density at radius 3 is 2.61 bits per heavy atom. The van der Waals surface area contributed by atoms with Gasteiger partial charge in [0.1, 0.15) is 5.54 Å². The highest BCUT2D eigenvalue weighted by molar-refractivity contribution is 6.10. The van der Waals surface area contributed by atoms with Crippen LogP contribution in [0.1, 0.15) is 25.7 Å². The van der Waals surface area contributed by atoms with Crippen molar-refractivity contribution in [1.29, 1.82) is 0 Å². The fraction of sp³-hybridized carbons (Fsp3) is 0.417. The van der Waals surface area contributed by atoms with E-state index in [2.05, 4.69) is 10.2 Å². The summed E-state index contributed by atoms with van der Waals surface area (Å²) in [4.78, 5) is 25.0. The number of nitrogens with two attached hydrogens (primary N) is 1. The van der Waals surface area contributed by atoms with Gasteiger partial charge in [-0.05, 0) is 18.8 Å². The highest BCUT2D eigenvalue weighted by atomic mass is 16.2. The number of primary amides is 1. The highest BCUT2D eigenvalue weighted by Crippen LogP contribution is 2.37. The second-order valence-electron chi connectivity index (χ2n) is 4.32. The zero-order valence-corrected chi connectivity index (χ0v) is 9.85. The van der Waals surface area contributed by atoms with Crippen molar-refractivity contribution in [3.63, 3.8) is 0 Å². The number of terminal acetylenes is 1. The number of hydrogen-bond donors (Lipinski definition) is 2. The number of carbonyl (C=O) groups excluding carboxylic acids is 2. The monoisotopic (exact) mass is 246 g/mol. The van der Waals surface area contributed by atoms with E-state index in [0.29, 0.717) is 18.7 Å². The molecule has 2 amide bonds. The first-order valence-electron chi connectivity index (χ1n) is 5.72. The van der Waals surface area contributed by atoms with E-state index in [-0.39, 0.29) is 0 Å². The van der Waals surface area contributed by atoms with Crippen LogP contribution in [-0.2, 0) is 9.59 Å². The summed E-state index contributed by atoms with van der Waals surface area (Å²) in [5.41, 5.74) is 4.45. The van der Waals surface area contributed by atoms with E-state index in [0.717, 1.165) is 12.8 Å². The largest absolute Gasteiger partial charge is 0.368 e. The van der Waals surface area contributed by atoms with E-state index in [1.165, 1.54) is 4.90 Å². The van der Waals surface area contributed by atoms with Crippen LogP contribution < -0.4 is 10.6 Å². The second kappa shape index (κ2) is 4.53. The molecule has 1 aliphatic rings. The molecule has 2 rings (SSSR count). The van der Waals surface area contributed by atoms with Gasteiger partial charge in [0.15, 0.2) is 5.82 Å². The third kappa shape index (κ3) is 1.74. The molecule has 0 atom stereocenters. The van der Waals surface area contributed by atoms with Crippen molar-refractivity contribution in [3.05, 3.63) is 12.3 Å². The molecule has 1 fully saturated rings. The third-order valence-electron chi connectivity index (χ3n) is 3.36. The van der Waals surface area contributed by atoms with E-state index in [9.17, 15) is 9.59 Å². The number of H-pyrrole nitrogens is 1. The Labute approximate surface area is 105 Å². The van der Waals surface area contributed by atoms with Gasteiger partial charge in [-0.1, -0.05) is 12.8 Å². The normalized spacial score (nSPS) is 17.1. The van der Waals surface area contributed by atoms with Gasteiger partial charge in [-0.15, -0.1) is 6.42 Å². The summed E-state index contributed by atoms with van der Waals surface area (Å²) in [5.74, 6) is 1.24. The molecule has 1 heterocycles. The fourth-order valence-electron chi connectivity index (χ4n) is 2.50. The lowest BCUT2D eigenvalue weighted by Gasteiger charge is -2.35. The predicted molar refractivity (Wildman–Crippen MR) is 65.3 cm³/mol. The smallest absolute Gasteiger partial charge is 0.304 e. The molecular weight excluding hydrogens is 232 g/mol. The molecular formula is C12H14N4O2. The Bertz CT molecular complexity index is 495. The van der Waals surface area contributed by atoms with Gasteiger partial charge in [0.05, 0.1) is 0 Å². The lowest BCUT2D eigenvalue weighted by Crippen LogP contribution is -2.58. The molecule has 1 aromatic heterocycles. The van der Waals surface area contributed by atoms with Gasteiger partial charge >= 0.3 is 5.91 Å². The van der Waals surface area contributed by atoms with Crippen LogP contribution in [0.15, 0.2) is 12.3 Å². The molecule has 6 heteroatoms. The minimum atomic E-state index is -1.04. The van der Waals surface area contributed by atoms with Gasteiger partial charge in [0.25, 0.3) is 0 Å². The minimum absolute atomic E-state index is 0.332. The molecule has 94 valence electrons. The van der Waals surface area contributed by atoms with E-state index in [1.54, 1.807) is 12.3 Å². The molecule has 0 radical (unpaired) electrons. The first-order chi connectivity index (χ1) is 8.62. The summed E-state index contributed by atoms with van der Waals surface area (Å²) in [6, 6.07) is 1.60. The Kier molecular flexibility index (Phi) is 3.06. The minimum Gasteiger partial charge on any atom is -0.368 e. The van der Waals surface area contributed by atoms with Crippen LogP contribution in [0, 0.1) is 12.3 Å². The number of rotatable bonds is 3. The molecule has 0 aromatic carbocycles. The van der Waals surface area contributed by atoms with Gasteiger partial charge in [-0.3, -0.25) is 19.6 Å². The Balaban J connectivity index is 2.49. The number of aromatic amines is 1. The number of carbonyl (C=O) groups is 2. The van der Waals surface area contributed by atoms with Gasteiger partial charge in [0, 0.05) is 12.3 Å². The molecule has 6 nitrogen and oxygen atoms in total. The molecule has 1 aliphatic carbocycles. The van der Waals surface area contributed by atoms with Crippen LogP contribution in [-0.4, -0.2) is 27.6 Å². The van der Waals surface area contributed by atoms with Crippen LogP contribution >= 0.6 is 0 Å². The van der Waals surface area contributed by atoms with Gasteiger partial charge < -0.3 is 5.73 Å². The van der Waals surface area contributed by atoms with E-state index in [1.807, 2.05) is 5.92 Å².